The third-order valence-corrected chi connectivity index (χ3v) is 3.28. The quantitative estimate of drug-likeness (QED) is 0.909. The molecule has 0 saturated carbocycles. The van der Waals surface area contributed by atoms with Crippen LogP contribution in [0.25, 0.3) is 0 Å². The first-order valence-corrected chi connectivity index (χ1v) is 5.97. The van der Waals surface area contributed by atoms with Crippen LogP contribution in [0.15, 0.2) is 12.3 Å². The fourth-order valence-electron chi connectivity index (χ4n) is 2.11. The Kier molecular flexibility index (Phi) is 3.58. The fourth-order valence-corrected chi connectivity index (χ4v) is 2.39. The average molecular weight is 294 g/mol. The number of nitrogens with zero attached hydrogens (tertiary/aromatic N) is 2. The molecule has 1 aliphatic rings. The first kappa shape index (κ1) is 13.9. The summed E-state index contributed by atoms with van der Waals surface area (Å²) in [7, 11) is 0. The lowest BCUT2D eigenvalue weighted by molar-refractivity contribution is -0.137. The van der Waals surface area contributed by atoms with Gasteiger partial charge in [-0.25, -0.2) is 4.98 Å². The molecule has 8 heteroatoms. The van der Waals surface area contributed by atoms with Crippen LogP contribution in [0, 0.1) is 0 Å². The van der Waals surface area contributed by atoms with E-state index in [4.69, 9.17) is 17.3 Å². The molecule has 1 aliphatic heterocycles. The minimum absolute atomic E-state index is 0.136. The molecule has 1 amide bonds. The van der Waals surface area contributed by atoms with E-state index in [0.29, 0.717) is 25.6 Å². The molecule has 1 unspecified atom stereocenters. The van der Waals surface area contributed by atoms with Gasteiger partial charge >= 0.3 is 6.18 Å². The van der Waals surface area contributed by atoms with Gasteiger partial charge in [-0.1, -0.05) is 11.6 Å². The number of carbonyl (C=O) groups excluding carboxylic acids is 1. The molecule has 1 fully saturated rings. The lowest BCUT2D eigenvalue weighted by Gasteiger charge is -2.24. The molecule has 1 aromatic rings. The van der Waals surface area contributed by atoms with Gasteiger partial charge in [-0.3, -0.25) is 4.79 Å². The van der Waals surface area contributed by atoms with Crippen molar-refractivity contribution < 1.29 is 18.0 Å². The molecule has 1 saturated heterocycles. The third-order valence-electron chi connectivity index (χ3n) is 3.00. The Labute approximate surface area is 112 Å². The summed E-state index contributed by atoms with van der Waals surface area (Å²) in [5, 5.41) is -0.136. The minimum Gasteiger partial charge on any atom is -0.368 e. The van der Waals surface area contributed by atoms with Crippen LogP contribution in [0.5, 0.6) is 0 Å². The topological polar surface area (TPSA) is 59.2 Å². The van der Waals surface area contributed by atoms with Gasteiger partial charge in [0.05, 0.1) is 10.6 Å². The average Bonchev–Trinajstić information content (AvgIpc) is 2.76. The Morgan fingerprint density at radius 3 is 2.74 bits per heavy atom. The molecule has 4 nitrogen and oxygen atoms in total. The highest BCUT2D eigenvalue weighted by atomic mass is 35.5. The molecule has 19 heavy (non-hydrogen) atoms. The van der Waals surface area contributed by atoms with Crippen molar-refractivity contribution in [1.29, 1.82) is 0 Å². The Bertz CT molecular complexity index is 506. The van der Waals surface area contributed by atoms with Crippen LogP contribution < -0.4 is 10.6 Å². The Morgan fingerprint density at radius 1 is 1.53 bits per heavy atom. The van der Waals surface area contributed by atoms with Crippen LogP contribution in [0.2, 0.25) is 5.02 Å². The van der Waals surface area contributed by atoms with Crippen LogP contribution in [-0.2, 0) is 11.0 Å². The van der Waals surface area contributed by atoms with Crippen molar-refractivity contribution >= 4 is 23.3 Å². The third kappa shape index (κ3) is 2.75. The lowest BCUT2D eigenvalue weighted by atomic mass is 10.2. The van der Waals surface area contributed by atoms with Crippen molar-refractivity contribution in [3.8, 4) is 0 Å². The van der Waals surface area contributed by atoms with Crippen molar-refractivity contribution in [2.24, 2.45) is 5.73 Å². The minimum atomic E-state index is -4.50. The number of anilines is 1. The maximum absolute atomic E-state index is 12.5. The molecule has 104 valence electrons. The molecule has 0 bridgehead atoms. The van der Waals surface area contributed by atoms with E-state index in [1.807, 2.05) is 0 Å². The Balaban J connectivity index is 2.34. The van der Waals surface area contributed by atoms with Crippen molar-refractivity contribution in [3.05, 3.63) is 22.8 Å². The number of nitrogens with two attached hydrogens (primary N) is 1. The highest BCUT2D eigenvalue weighted by Crippen LogP contribution is 2.35. The second-order valence-electron chi connectivity index (χ2n) is 4.28. The summed E-state index contributed by atoms with van der Waals surface area (Å²) >= 11 is 5.83. The summed E-state index contributed by atoms with van der Waals surface area (Å²) < 4.78 is 37.5. The predicted octanol–water partition coefficient (Wildman–Crippen LogP) is 2.21. The Hall–Kier alpha value is -1.50. The summed E-state index contributed by atoms with van der Waals surface area (Å²) in [6.07, 6.45) is -2.53. The van der Waals surface area contributed by atoms with E-state index in [0.717, 1.165) is 6.07 Å². The number of amides is 1. The summed E-state index contributed by atoms with van der Waals surface area (Å²) in [5.74, 6) is -0.369. The van der Waals surface area contributed by atoms with Crippen LogP contribution in [0.4, 0.5) is 19.0 Å². The van der Waals surface area contributed by atoms with E-state index in [1.165, 1.54) is 0 Å². The molecule has 2 rings (SSSR count). The molecule has 0 radical (unpaired) electrons. The smallest absolute Gasteiger partial charge is 0.368 e. The highest BCUT2D eigenvalue weighted by Gasteiger charge is 2.34. The molecule has 0 spiro atoms. The molecule has 2 heterocycles. The SMILES string of the molecule is NC(=O)C1CCCN1c1ncc(C(F)(F)F)cc1Cl. The number of rotatable bonds is 2. The zero-order valence-corrected chi connectivity index (χ0v) is 10.5. The van der Waals surface area contributed by atoms with Gasteiger partial charge in [-0.15, -0.1) is 0 Å². The van der Waals surface area contributed by atoms with E-state index in [2.05, 4.69) is 4.98 Å². The first-order valence-electron chi connectivity index (χ1n) is 5.59. The molecule has 0 aromatic carbocycles. The molecule has 2 N–H and O–H groups in total. The second-order valence-corrected chi connectivity index (χ2v) is 4.69. The van der Waals surface area contributed by atoms with Gasteiger partial charge in [0.2, 0.25) is 5.91 Å². The number of hydrogen-bond acceptors (Lipinski definition) is 3. The number of aromatic nitrogens is 1. The zero-order valence-electron chi connectivity index (χ0n) is 9.75. The lowest BCUT2D eigenvalue weighted by Crippen LogP contribution is -2.40. The monoisotopic (exact) mass is 293 g/mol. The number of alkyl halides is 3. The van der Waals surface area contributed by atoms with Crippen molar-refractivity contribution in [3.63, 3.8) is 0 Å². The molecule has 0 aliphatic carbocycles. The van der Waals surface area contributed by atoms with E-state index in [-0.39, 0.29) is 10.8 Å². The number of hydrogen-bond donors (Lipinski definition) is 1. The van der Waals surface area contributed by atoms with Crippen LogP contribution in [-0.4, -0.2) is 23.5 Å². The van der Waals surface area contributed by atoms with Crippen LogP contribution in [0.1, 0.15) is 18.4 Å². The predicted molar refractivity (Wildman–Crippen MR) is 63.8 cm³/mol. The zero-order chi connectivity index (χ0) is 14.2. The van der Waals surface area contributed by atoms with Gasteiger partial charge in [0.25, 0.3) is 0 Å². The maximum Gasteiger partial charge on any atom is 0.417 e. The molecule has 1 aromatic heterocycles. The van der Waals surface area contributed by atoms with E-state index >= 15 is 0 Å². The van der Waals surface area contributed by atoms with Crippen molar-refractivity contribution in [1.82, 2.24) is 4.98 Å². The normalized spacial score (nSPS) is 19.8. The fraction of sp³-hybridized carbons (Fsp3) is 0.455. The standard InChI is InChI=1S/C11H11ClF3N3O/c12-7-4-6(11(13,14)15)5-17-10(7)18-3-1-2-8(18)9(16)19/h4-5,8H,1-3H2,(H2,16,19). The number of carbonyl (C=O) groups is 1. The van der Waals surface area contributed by atoms with Gasteiger partial charge in [-0.05, 0) is 18.9 Å². The summed E-state index contributed by atoms with van der Waals surface area (Å²) in [6.45, 7) is 0.492. The van der Waals surface area contributed by atoms with Gasteiger partial charge in [0.1, 0.15) is 11.9 Å². The van der Waals surface area contributed by atoms with Crippen molar-refractivity contribution in [2.75, 3.05) is 11.4 Å². The summed E-state index contributed by atoms with van der Waals surface area (Å²) in [6, 6.07) is 0.238. The van der Waals surface area contributed by atoms with Gasteiger partial charge in [0, 0.05) is 12.7 Å². The first-order chi connectivity index (χ1) is 8.80. The highest BCUT2D eigenvalue weighted by molar-refractivity contribution is 6.33. The molecule has 1 atom stereocenters. The summed E-state index contributed by atoms with van der Waals surface area (Å²) in [5.41, 5.74) is 4.32. The second kappa shape index (κ2) is 4.88. The van der Waals surface area contributed by atoms with E-state index in [1.54, 1.807) is 4.90 Å². The van der Waals surface area contributed by atoms with Crippen LogP contribution >= 0.6 is 11.6 Å². The van der Waals surface area contributed by atoms with Gasteiger partial charge in [-0.2, -0.15) is 13.2 Å². The van der Waals surface area contributed by atoms with Gasteiger partial charge < -0.3 is 10.6 Å². The largest absolute Gasteiger partial charge is 0.417 e. The van der Waals surface area contributed by atoms with Crippen molar-refractivity contribution in [2.45, 2.75) is 25.1 Å². The number of halogens is 4. The molecular weight excluding hydrogens is 283 g/mol. The van der Waals surface area contributed by atoms with Gasteiger partial charge in [0.15, 0.2) is 0 Å². The number of pyridine rings is 1. The maximum atomic E-state index is 12.5. The summed E-state index contributed by atoms with van der Waals surface area (Å²) in [4.78, 5) is 16.5. The Morgan fingerprint density at radius 2 is 2.21 bits per heavy atom. The van der Waals surface area contributed by atoms with Crippen LogP contribution in [0.3, 0.4) is 0 Å². The van der Waals surface area contributed by atoms with E-state index in [9.17, 15) is 18.0 Å². The molecular formula is C11H11ClF3N3O. The number of primary amides is 1. The van der Waals surface area contributed by atoms with E-state index < -0.39 is 23.7 Å².